The summed E-state index contributed by atoms with van der Waals surface area (Å²) in [6, 6.07) is 33.1. The predicted molar refractivity (Wildman–Crippen MR) is 122 cm³/mol. The summed E-state index contributed by atoms with van der Waals surface area (Å²) >= 11 is 0. The van der Waals surface area contributed by atoms with Crippen molar-refractivity contribution in [1.29, 1.82) is 0 Å². The first kappa shape index (κ1) is 16.7. The van der Waals surface area contributed by atoms with Gasteiger partial charge in [-0.15, -0.1) is 10.2 Å². The van der Waals surface area contributed by atoms with Crippen molar-refractivity contribution in [2.75, 3.05) is 4.90 Å². The van der Waals surface area contributed by atoms with Gasteiger partial charge in [0.25, 0.3) is 0 Å². The van der Waals surface area contributed by atoms with Gasteiger partial charge >= 0.3 is 0 Å². The summed E-state index contributed by atoms with van der Waals surface area (Å²) in [6.45, 7) is 4.35. The van der Waals surface area contributed by atoms with E-state index in [1.165, 1.54) is 0 Å². The van der Waals surface area contributed by atoms with E-state index in [-0.39, 0.29) is 0 Å². The molecular formula is C26H18N4. The quantitative estimate of drug-likeness (QED) is 0.352. The molecule has 0 aliphatic carbocycles. The molecule has 4 nitrogen and oxygen atoms in total. The van der Waals surface area contributed by atoms with Crippen molar-refractivity contribution >= 4 is 33.7 Å². The third-order valence-corrected chi connectivity index (χ3v) is 5.57. The van der Waals surface area contributed by atoms with Crippen molar-refractivity contribution in [2.24, 2.45) is 0 Å². The van der Waals surface area contributed by atoms with Gasteiger partial charge < -0.3 is 4.90 Å². The van der Waals surface area contributed by atoms with E-state index < -0.39 is 0 Å². The average molecular weight is 386 g/mol. The van der Waals surface area contributed by atoms with E-state index >= 15 is 0 Å². The van der Waals surface area contributed by atoms with Crippen LogP contribution in [0.1, 0.15) is 11.1 Å². The smallest absolute Gasteiger partial charge is 0.113 e. The first-order valence-electron chi connectivity index (χ1n) is 9.90. The molecule has 5 aromatic rings. The summed E-state index contributed by atoms with van der Waals surface area (Å²) in [5.41, 5.74) is 9.43. The van der Waals surface area contributed by atoms with Crippen molar-refractivity contribution in [3.05, 3.63) is 115 Å². The molecule has 2 heterocycles. The van der Waals surface area contributed by atoms with Crippen LogP contribution in [-0.2, 0) is 0 Å². The fraction of sp³-hybridized carbons (Fsp3) is 0. The number of para-hydroxylation sites is 2. The number of hydrogen-bond acceptors (Lipinski definition) is 3. The highest BCUT2D eigenvalue weighted by Crippen LogP contribution is 2.47. The van der Waals surface area contributed by atoms with Gasteiger partial charge in [-0.25, -0.2) is 0 Å². The Kier molecular flexibility index (Phi) is 3.59. The second-order valence-corrected chi connectivity index (χ2v) is 7.34. The highest BCUT2D eigenvalue weighted by molar-refractivity contribution is 6.00. The van der Waals surface area contributed by atoms with E-state index in [9.17, 15) is 0 Å². The van der Waals surface area contributed by atoms with Gasteiger partial charge in [-0.2, -0.15) is 4.80 Å². The van der Waals surface area contributed by atoms with Gasteiger partial charge in [-0.3, -0.25) is 0 Å². The lowest BCUT2D eigenvalue weighted by Gasteiger charge is -2.34. The van der Waals surface area contributed by atoms with Crippen LogP contribution in [0, 0.1) is 0 Å². The number of anilines is 3. The zero-order chi connectivity index (χ0) is 20.1. The summed E-state index contributed by atoms with van der Waals surface area (Å²) in [5.74, 6) is 0. The van der Waals surface area contributed by atoms with E-state index in [1.807, 2.05) is 24.3 Å². The fourth-order valence-electron chi connectivity index (χ4n) is 4.11. The van der Waals surface area contributed by atoms with E-state index in [0.717, 1.165) is 50.5 Å². The molecule has 1 aliphatic heterocycles. The van der Waals surface area contributed by atoms with E-state index in [2.05, 4.69) is 94.5 Å². The first-order valence-corrected chi connectivity index (χ1v) is 9.90. The molecule has 6 rings (SSSR count). The Balaban J connectivity index is 1.47. The van der Waals surface area contributed by atoms with Crippen molar-refractivity contribution in [1.82, 2.24) is 15.0 Å². The maximum Gasteiger partial charge on any atom is 0.113 e. The molecule has 0 radical (unpaired) electrons. The van der Waals surface area contributed by atoms with Crippen LogP contribution >= 0.6 is 0 Å². The molecule has 1 aliphatic rings. The highest BCUT2D eigenvalue weighted by Gasteiger charge is 2.25. The van der Waals surface area contributed by atoms with Gasteiger partial charge in [0, 0.05) is 16.8 Å². The average Bonchev–Trinajstić information content (AvgIpc) is 3.24. The Morgan fingerprint density at radius 2 is 1.00 bits per heavy atom. The van der Waals surface area contributed by atoms with Gasteiger partial charge in [-0.1, -0.05) is 55.1 Å². The normalized spacial score (nSPS) is 12.7. The lowest BCUT2D eigenvalue weighted by atomic mass is 9.91. The molecule has 0 fully saturated rings. The van der Waals surface area contributed by atoms with Gasteiger partial charge in [0.2, 0.25) is 0 Å². The van der Waals surface area contributed by atoms with Crippen molar-refractivity contribution in [3.8, 4) is 5.69 Å². The van der Waals surface area contributed by atoms with Crippen LogP contribution < -0.4 is 4.90 Å². The van der Waals surface area contributed by atoms with Crippen LogP contribution in [0.3, 0.4) is 0 Å². The zero-order valence-corrected chi connectivity index (χ0v) is 16.2. The van der Waals surface area contributed by atoms with Gasteiger partial charge in [0.05, 0.1) is 17.1 Å². The Bertz CT molecular complexity index is 1330. The molecule has 142 valence electrons. The zero-order valence-electron chi connectivity index (χ0n) is 16.2. The molecule has 0 amide bonds. The molecule has 0 atom stereocenters. The second kappa shape index (κ2) is 6.42. The van der Waals surface area contributed by atoms with Crippen molar-refractivity contribution in [2.45, 2.75) is 0 Å². The summed E-state index contributed by atoms with van der Waals surface area (Å²) < 4.78 is 0. The lowest BCUT2D eigenvalue weighted by Crippen LogP contribution is -2.17. The number of hydrogen-bond donors (Lipinski definition) is 0. The Morgan fingerprint density at radius 1 is 0.533 bits per heavy atom. The van der Waals surface area contributed by atoms with E-state index in [0.29, 0.717) is 0 Å². The van der Waals surface area contributed by atoms with Gasteiger partial charge in [-0.05, 0) is 54.1 Å². The highest BCUT2D eigenvalue weighted by atomic mass is 15.5. The van der Waals surface area contributed by atoms with Crippen LogP contribution in [0.15, 0.2) is 104 Å². The van der Waals surface area contributed by atoms with Crippen LogP contribution in [0.2, 0.25) is 0 Å². The number of rotatable bonds is 2. The summed E-state index contributed by atoms with van der Waals surface area (Å²) in [4.78, 5) is 3.98. The second-order valence-electron chi connectivity index (χ2n) is 7.34. The minimum Gasteiger partial charge on any atom is -0.309 e. The molecular weight excluding hydrogens is 368 g/mol. The number of aromatic nitrogens is 3. The topological polar surface area (TPSA) is 34.0 Å². The van der Waals surface area contributed by atoms with Crippen LogP contribution in [0.5, 0.6) is 0 Å². The van der Waals surface area contributed by atoms with E-state index in [1.54, 1.807) is 4.80 Å². The maximum absolute atomic E-state index is 4.59. The molecule has 30 heavy (non-hydrogen) atoms. The molecule has 0 unspecified atom stereocenters. The number of fused-ring (bicyclic) bond motifs is 3. The molecule has 0 bridgehead atoms. The monoisotopic (exact) mass is 386 g/mol. The third kappa shape index (κ3) is 2.47. The molecule has 4 aromatic carbocycles. The Labute approximate surface area is 174 Å². The minimum atomic E-state index is 0.888. The molecule has 0 saturated heterocycles. The fourth-order valence-corrected chi connectivity index (χ4v) is 4.11. The molecule has 0 saturated carbocycles. The van der Waals surface area contributed by atoms with Crippen LogP contribution in [-0.4, -0.2) is 15.0 Å². The minimum absolute atomic E-state index is 0.888. The lowest BCUT2D eigenvalue weighted by molar-refractivity contribution is 0.766. The Hall–Kier alpha value is -4.18. The predicted octanol–water partition coefficient (Wildman–Crippen LogP) is 6.27. The molecule has 1 aromatic heterocycles. The van der Waals surface area contributed by atoms with Crippen LogP contribution in [0.25, 0.3) is 22.3 Å². The van der Waals surface area contributed by atoms with Crippen molar-refractivity contribution < 1.29 is 0 Å². The molecule has 4 heteroatoms. The van der Waals surface area contributed by atoms with Gasteiger partial charge in [0.1, 0.15) is 11.0 Å². The Morgan fingerprint density at radius 3 is 1.57 bits per heavy atom. The molecule has 0 spiro atoms. The summed E-state index contributed by atoms with van der Waals surface area (Å²) in [6.07, 6.45) is 0. The summed E-state index contributed by atoms with van der Waals surface area (Å²) in [5, 5.41) is 9.17. The number of nitrogens with zero attached hydrogens (tertiary/aromatic N) is 4. The molecule has 0 N–H and O–H groups in total. The maximum atomic E-state index is 4.59. The van der Waals surface area contributed by atoms with Gasteiger partial charge in [0.15, 0.2) is 0 Å². The third-order valence-electron chi connectivity index (χ3n) is 5.57. The largest absolute Gasteiger partial charge is 0.309 e. The standard InChI is InChI=1S/C26H18N4/c1-18-21-8-2-6-12-25(21)29(26-13-7-3-9-22(18)26)19-14-16-20(17-15-19)30-27-23-10-4-5-11-24(23)28-30/h2-17H,1H2. The summed E-state index contributed by atoms with van der Waals surface area (Å²) in [7, 11) is 0. The van der Waals surface area contributed by atoms with Crippen LogP contribution in [0.4, 0.5) is 17.1 Å². The first-order chi connectivity index (χ1) is 14.8. The van der Waals surface area contributed by atoms with E-state index in [4.69, 9.17) is 0 Å². The number of benzene rings is 4. The SMILES string of the molecule is C=C1c2ccccc2N(c2ccc(-n3nc4ccccc4n3)cc2)c2ccccc21. The van der Waals surface area contributed by atoms with Crippen molar-refractivity contribution in [3.63, 3.8) is 0 Å².